The van der Waals surface area contributed by atoms with Crippen molar-refractivity contribution in [3.05, 3.63) is 65.9 Å². The van der Waals surface area contributed by atoms with E-state index >= 15 is 0 Å². The number of aromatic nitrogens is 4. The summed E-state index contributed by atoms with van der Waals surface area (Å²) in [6.07, 6.45) is 3.14. The third-order valence-electron chi connectivity index (χ3n) is 11.6. The van der Waals surface area contributed by atoms with Gasteiger partial charge in [0.2, 0.25) is 5.91 Å². The maximum atomic E-state index is 14.0. The number of nitrogens with one attached hydrogen (secondary N) is 3. The zero-order valence-electron chi connectivity index (χ0n) is 34.5. The second-order valence-corrected chi connectivity index (χ2v) is 17.2. The summed E-state index contributed by atoms with van der Waals surface area (Å²) in [5.74, 6) is 2.12. The van der Waals surface area contributed by atoms with Gasteiger partial charge in [0.15, 0.2) is 0 Å². The lowest BCUT2D eigenvalue weighted by Crippen LogP contribution is -2.52. The number of H-pyrrole nitrogens is 2. The maximum absolute atomic E-state index is 14.0. The number of ether oxygens (including phenoxy) is 4. The normalized spacial score (nSPS) is 20.9. The van der Waals surface area contributed by atoms with E-state index in [1.807, 2.05) is 58.7 Å². The van der Waals surface area contributed by atoms with E-state index in [2.05, 4.69) is 51.7 Å². The van der Waals surface area contributed by atoms with Crippen LogP contribution in [0.2, 0.25) is 0 Å². The second-order valence-electron chi connectivity index (χ2n) is 17.2. The number of hydrogen-bond donors (Lipinski definition) is 3. The Hall–Kier alpha value is -5.63. The molecular weight excluding hydrogens is 739 g/mol. The first-order valence-electron chi connectivity index (χ1n) is 20.2. The van der Waals surface area contributed by atoms with Crippen molar-refractivity contribution in [2.45, 2.75) is 97.2 Å². The number of carbonyl (C=O) groups excluding carboxylic acids is 3. The minimum Gasteiger partial charge on any atom is -0.488 e. The zero-order chi connectivity index (χ0) is 41.0. The van der Waals surface area contributed by atoms with Gasteiger partial charge in [-0.2, -0.15) is 0 Å². The summed E-state index contributed by atoms with van der Waals surface area (Å²) in [5, 5.41) is 4.72. The van der Waals surface area contributed by atoms with Crippen molar-refractivity contribution in [2.75, 3.05) is 27.4 Å². The Bertz CT molecular complexity index is 2380. The van der Waals surface area contributed by atoms with Crippen LogP contribution in [0.3, 0.4) is 0 Å². The minimum atomic E-state index is -0.719. The van der Waals surface area contributed by atoms with Crippen LogP contribution in [0.5, 0.6) is 5.75 Å². The smallest absolute Gasteiger partial charge is 0.410 e. The second kappa shape index (κ2) is 15.3. The fourth-order valence-electron chi connectivity index (χ4n) is 8.83. The number of methoxy groups -OCH3 is 2. The molecule has 14 heteroatoms. The van der Waals surface area contributed by atoms with E-state index in [0.717, 1.165) is 86.4 Å². The predicted octanol–water partition coefficient (Wildman–Crippen LogP) is 8.04. The number of fused-ring (bicyclic) bond motifs is 6. The highest BCUT2D eigenvalue weighted by Crippen LogP contribution is 2.44. The quantitative estimate of drug-likeness (QED) is 0.141. The highest BCUT2D eigenvalue weighted by atomic mass is 16.6. The van der Waals surface area contributed by atoms with Crippen LogP contribution in [0.4, 0.5) is 9.59 Å². The molecule has 2 aromatic heterocycles. The Kier molecular flexibility index (Phi) is 10.3. The summed E-state index contributed by atoms with van der Waals surface area (Å²) in [6.45, 7) is 13.0. The maximum Gasteiger partial charge on any atom is 0.410 e. The van der Waals surface area contributed by atoms with Gasteiger partial charge in [0.25, 0.3) is 0 Å². The number of hydrogen-bond acceptors (Lipinski definition) is 9. The Labute approximate surface area is 338 Å². The van der Waals surface area contributed by atoms with Crippen LogP contribution in [-0.2, 0) is 25.6 Å². The van der Waals surface area contributed by atoms with Gasteiger partial charge in [-0.25, -0.2) is 19.6 Å². The van der Waals surface area contributed by atoms with Crippen LogP contribution >= 0.6 is 0 Å². The fourth-order valence-corrected chi connectivity index (χ4v) is 8.83. The lowest BCUT2D eigenvalue weighted by molar-refractivity contribution is -0.137. The molecule has 0 aliphatic carbocycles. The lowest BCUT2D eigenvalue weighted by Gasteiger charge is -2.32. The molecule has 3 aliphatic rings. The molecule has 14 nitrogen and oxygen atoms in total. The zero-order valence-corrected chi connectivity index (χ0v) is 34.5. The van der Waals surface area contributed by atoms with E-state index < -0.39 is 17.7 Å². The molecule has 3 N–H and O–H groups in total. The molecule has 58 heavy (non-hydrogen) atoms. The third kappa shape index (κ3) is 7.34. The van der Waals surface area contributed by atoms with Crippen molar-refractivity contribution in [2.24, 2.45) is 11.8 Å². The first-order chi connectivity index (χ1) is 27.7. The Morgan fingerprint density at radius 2 is 1.81 bits per heavy atom. The van der Waals surface area contributed by atoms with Crippen molar-refractivity contribution in [3.63, 3.8) is 0 Å². The van der Waals surface area contributed by atoms with Crippen molar-refractivity contribution in [1.29, 1.82) is 0 Å². The van der Waals surface area contributed by atoms with Crippen molar-refractivity contribution in [3.8, 4) is 28.1 Å². The SMILES string of the molecule is COCC1CC(c2ncc(-c3ccc4c(c3)COc3cc5c(ccc6[nH]c(C7CC[C@H](C)N7C(=O)[C@@H](NC(=O)OC)C(C)C)nc65)cc3-4)[nH]2)N(C(=O)OC(C)(C)C)C1. The van der Waals surface area contributed by atoms with E-state index in [4.69, 9.17) is 28.9 Å². The van der Waals surface area contributed by atoms with Crippen LogP contribution in [-0.4, -0.2) is 92.9 Å². The number of rotatable bonds is 8. The standard InChI is InChI=1S/C44H53N7O7/c1-23(2)37(49-42(53)56-8)41(52)51-24(3)9-14-34(51)40-46-32-13-11-26-17-31-29-12-10-27(16-28(29)22-57-36(31)18-30(26)38(32)48-40)33-19-45-39(47-33)35-15-25(21-55-7)20-50(35)43(54)58-44(4,5)6/h10-13,16-19,23-25,34-35,37H,9,14-15,20-22H2,1-8H3,(H,45,47)(H,46,48)(H,49,53)/t24-,25?,34?,35?,37-/m0/s1. The average molecular weight is 792 g/mol. The van der Waals surface area contributed by atoms with E-state index in [9.17, 15) is 14.4 Å². The summed E-state index contributed by atoms with van der Waals surface area (Å²) in [7, 11) is 2.98. The predicted molar refractivity (Wildman–Crippen MR) is 219 cm³/mol. The summed E-state index contributed by atoms with van der Waals surface area (Å²) in [4.78, 5) is 59.8. The summed E-state index contributed by atoms with van der Waals surface area (Å²) in [6, 6.07) is 13.5. The number of benzene rings is 3. The molecule has 0 saturated carbocycles. The number of likely N-dealkylation sites (tertiary alicyclic amines) is 2. The van der Waals surface area contributed by atoms with E-state index in [1.54, 1.807) is 12.0 Å². The highest BCUT2D eigenvalue weighted by Gasteiger charge is 2.42. The number of nitrogens with zero attached hydrogens (tertiary/aromatic N) is 4. The van der Waals surface area contributed by atoms with Crippen LogP contribution < -0.4 is 10.1 Å². The van der Waals surface area contributed by atoms with Gasteiger partial charge in [0, 0.05) is 36.6 Å². The topological polar surface area (TPSA) is 164 Å². The van der Waals surface area contributed by atoms with Gasteiger partial charge < -0.3 is 39.1 Å². The molecule has 5 aromatic rings. The third-order valence-corrected chi connectivity index (χ3v) is 11.6. The van der Waals surface area contributed by atoms with Crippen molar-refractivity contribution in [1.82, 2.24) is 35.1 Å². The lowest BCUT2D eigenvalue weighted by atomic mass is 9.92. The van der Waals surface area contributed by atoms with Crippen LogP contribution in [0, 0.1) is 11.8 Å². The van der Waals surface area contributed by atoms with E-state index in [1.165, 1.54) is 7.11 Å². The monoisotopic (exact) mass is 791 g/mol. The molecule has 8 rings (SSSR count). The minimum absolute atomic E-state index is 0.0184. The van der Waals surface area contributed by atoms with E-state index in [0.29, 0.717) is 19.8 Å². The van der Waals surface area contributed by atoms with Gasteiger partial charge in [-0.1, -0.05) is 32.0 Å². The van der Waals surface area contributed by atoms with Gasteiger partial charge in [-0.15, -0.1) is 0 Å². The molecule has 2 fully saturated rings. The van der Waals surface area contributed by atoms with Gasteiger partial charge in [-0.3, -0.25) is 9.69 Å². The Balaban J connectivity index is 1.06. The molecule has 0 spiro atoms. The molecule has 0 bridgehead atoms. The first-order valence-corrected chi connectivity index (χ1v) is 20.2. The summed E-state index contributed by atoms with van der Waals surface area (Å²) in [5.41, 5.74) is 6.07. The molecular formula is C44H53N7O7. The molecule has 5 heterocycles. The van der Waals surface area contributed by atoms with Crippen LogP contribution in [0.1, 0.15) is 90.1 Å². The molecule has 3 aliphatic heterocycles. The van der Waals surface area contributed by atoms with Gasteiger partial charge in [0.1, 0.15) is 35.6 Å². The molecule has 3 amide bonds. The van der Waals surface area contributed by atoms with E-state index in [-0.39, 0.29) is 42.0 Å². The number of alkyl carbamates (subject to hydrolysis) is 1. The van der Waals surface area contributed by atoms with Crippen LogP contribution in [0.15, 0.2) is 48.7 Å². The molecule has 0 radical (unpaired) electrons. The van der Waals surface area contributed by atoms with Gasteiger partial charge in [0.05, 0.1) is 48.7 Å². The van der Waals surface area contributed by atoms with Crippen molar-refractivity contribution >= 4 is 39.9 Å². The van der Waals surface area contributed by atoms with Crippen LogP contribution in [0.25, 0.3) is 44.2 Å². The fraction of sp³-hybridized carbons (Fsp3) is 0.477. The molecule has 5 atom stereocenters. The number of amides is 3. The number of carbonyl (C=O) groups is 3. The molecule has 3 aromatic carbocycles. The van der Waals surface area contributed by atoms with Gasteiger partial charge in [-0.05, 0) is 99.2 Å². The Morgan fingerprint density at radius 3 is 2.55 bits per heavy atom. The largest absolute Gasteiger partial charge is 0.488 e. The summed E-state index contributed by atoms with van der Waals surface area (Å²) >= 11 is 0. The number of aromatic amines is 2. The summed E-state index contributed by atoms with van der Waals surface area (Å²) < 4.78 is 22.4. The molecule has 306 valence electrons. The molecule has 3 unspecified atom stereocenters. The first kappa shape index (κ1) is 39.2. The average Bonchev–Trinajstić information content (AvgIpc) is 4.00. The van der Waals surface area contributed by atoms with Crippen molar-refractivity contribution < 1.29 is 33.3 Å². The highest BCUT2D eigenvalue weighted by molar-refractivity contribution is 6.07. The molecule has 2 saturated heterocycles. The Morgan fingerprint density at radius 1 is 1.00 bits per heavy atom. The van der Waals surface area contributed by atoms with Gasteiger partial charge >= 0.3 is 12.2 Å². The number of imidazole rings is 2.